The predicted molar refractivity (Wildman–Crippen MR) is 64.7 cm³/mol. The number of aromatic nitrogens is 1. The van der Waals surface area contributed by atoms with E-state index in [9.17, 15) is 0 Å². The first-order valence-corrected chi connectivity index (χ1v) is 6.06. The maximum Gasteiger partial charge on any atom is 0.106 e. The van der Waals surface area contributed by atoms with E-state index in [0.29, 0.717) is 6.04 Å². The van der Waals surface area contributed by atoms with E-state index in [0.717, 1.165) is 24.2 Å². The van der Waals surface area contributed by atoms with E-state index in [-0.39, 0.29) is 0 Å². The molecular weight excluding hydrogens is 254 g/mol. The molecule has 1 aromatic rings. The molecule has 0 aliphatic carbocycles. The van der Waals surface area contributed by atoms with E-state index in [4.69, 9.17) is 0 Å². The fourth-order valence-electron chi connectivity index (χ4n) is 1.97. The van der Waals surface area contributed by atoms with Gasteiger partial charge in [-0.2, -0.15) is 0 Å². The summed E-state index contributed by atoms with van der Waals surface area (Å²) >= 11 is 3.39. The highest BCUT2D eigenvalue weighted by atomic mass is 79.9. The highest BCUT2D eigenvalue weighted by Gasteiger charge is 2.18. The van der Waals surface area contributed by atoms with Crippen LogP contribution >= 0.6 is 15.9 Å². The van der Waals surface area contributed by atoms with Crippen LogP contribution in [0.3, 0.4) is 0 Å². The van der Waals surface area contributed by atoms with Crippen molar-refractivity contribution in [2.45, 2.75) is 19.0 Å². The topological polar surface area (TPSA) is 28.2 Å². The second-order valence-electron chi connectivity index (χ2n) is 4.05. The first-order valence-electron chi connectivity index (χ1n) is 5.27. The highest BCUT2D eigenvalue weighted by molar-refractivity contribution is 9.10. The summed E-state index contributed by atoms with van der Waals surface area (Å²) in [4.78, 5) is 6.53. The molecule has 4 heteroatoms. The Morgan fingerprint density at radius 3 is 3.20 bits per heavy atom. The Morgan fingerprint density at radius 1 is 1.67 bits per heavy atom. The van der Waals surface area contributed by atoms with Gasteiger partial charge in [-0.25, -0.2) is 4.98 Å². The lowest BCUT2D eigenvalue weighted by molar-refractivity contribution is 0.249. The molecule has 2 rings (SSSR count). The minimum atomic E-state index is 0.678. The lowest BCUT2D eigenvalue weighted by Crippen LogP contribution is -2.32. The molecule has 3 nitrogen and oxygen atoms in total. The molecule has 1 aromatic heterocycles. The Balaban J connectivity index is 1.95. The SMILES string of the molecule is CN(Cc1ccnc(Br)c1)[C@@H]1CCNC1. The lowest BCUT2D eigenvalue weighted by atomic mass is 10.2. The van der Waals surface area contributed by atoms with Crippen LogP contribution in [0.25, 0.3) is 0 Å². The van der Waals surface area contributed by atoms with Crippen LogP contribution in [0.1, 0.15) is 12.0 Å². The molecule has 0 bridgehead atoms. The summed E-state index contributed by atoms with van der Waals surface area (Å²) in [6.45, 7) is 3.26. The van der Waals surface area contributed by atoms with Crippen molar-refractivity contribution in [2.75, 3.05) is 20.1 Å². The number of hydrogen-bond acceptors (Lipinski definition) is 3. The van der Waals surface area contributed by atoms with E-state index in [2.05, 4.69) is 50.3 Å². The third-order valence-electron chi connectivity index (χ3n) is 2.88. The van der Waals surface area contributed by atoms with E-state index in [1.807, 2.05) is 6.20 Å². The Bertz CT molecular complexity index is 323. The van der Waals surface area contributed by atoms with Gasteiger partial charge in [-0.15, -0.1) is 0 Å². The third kappa shape index (κ3) is 3.00. The van der Waals surface area contributed by atoms with Gasteiger partial charge < -0.3 is 5.32 Å². The molecule has 1 saturated heterocycles. The summed E-state index contributed by atoms with van der Waals surface area (Å²) < 4.78 is 0.915. The summed E-state index contributed by atoms with van der Waals surface area (Å²) in [6.07, 6.45) is 3.10. The summed E-state index contributed by atoms with van der Waals surface area (Å²) in [6, 6.07) is 4.83. The fraction of sp³-hybridized carbons (Fsp3) is 0.545. The quantitative estimate of drug-likeness (QED) is 0.846. The van der Waals surface area contributed by atoms with Crippen LogP contribution in [0.15, 0.2) is 22.9 Å². The Labute approximate surface area is 99.0 Å². The minimum Gasteiger partial charge on any atom is -0.315 e. The normalized spacial score (nSPS) is 21.1. The summed E-state index contributed by atoms with van der Waals surface area (Å²) in [7, 11) is 2.19. The van der Waals surface area contributed by atoms with Crippen LogP contribution in [0.5, 0.6) is 0 Å². The summed E-state index contributed by atoms with van der Waals surface area (Å²) in [5.74, 6) is 0. The van der Waals surface area contributed by atoms with Gasteiger partial charge in [0.15, 0.2) is 0 Å². The number of nitrogens with zero attached hydrogens (tertiary/aromatic N) is 2. The molecule has 0 radical (unpaired) electrons. The van der Waals surface area contributed by atoms with Gasteiger partial charge in [-0.1, -0.05) is 0 Å². The number of hydrogen-bond donors (Lipinski definition) is 1. The number of nitrogens with one attached hydrogen (secondary N) is 1. The van der Waals surface area contributed by atoms with Gasteiger partial charge in [0.05, 0.1) is 0 Å². The van der Waals surface area contributed by atoms with Crippen molar-refractivity contribution in [3.8, 4) is 0 Å². The van der Waals surface area contributed by atoms with E-state index >= 15 is 0 Å². The van der Waals surface area contributed by atoms with Crippen molar-refractivity contribution < 1.29 is 0 Å². The summed E-state index contributed by atoms with van der Waals surface area (Å²) in [5, 5.41) is 3.39. The number of halogens is 1. The number of likely N-dealkylation sites (N-methyl/N-ethyl adjacent to an activating group) is 1. The Morgan fingerprint density at radius 2 is 2.53 bits per heavy atom. The van der Waals surface area contributed by atoms with Crippen molar-refractivity contribution in [1.82, 2.24) is 15.2 Å². The molecule has 1 fully saturated rings. The Hall–Kier alpha value is -0.450. The molecule has 0 saturated carbocycles. The van der Waals surface area contributed by atoms with Crippen LogP contribution in [0.4, 0.5) is 0 Å². The summed E-state index contributed by atoms with van der Waals surface area (Å²) in [5.41, 5.74) is 1.31. The zero-order valence-electron chi connectivity index (χ0n) is 8.91. The first kappa shape index (κ1) is 11.0. The monoisotopic (exact) mass is 269 g/mol. The third-order valence-corrected chi connectivity index (χ3v) is 3.31. The molecule has 1 N–H and O–H groups in total. The zero-order valence-corrected chi connectivity index (χ0v) is 10.5. The van der Waals surface area contributed by atoms with Gasteiger partial charge in [0.25, 0.3) is 0 Å². The highest BCUT2D eigenvalue weighted by Crippen LogP contribution is 2.13. The van der Waals surface area contributed by atoms with Crippen LogP contribution in [0, 0.1) is 0 Å². The Kier molecular flexibility index (Phi) is 3.72. The van der Waals surface area contributed by atoms with E-state index < -0.39 is 0 Å². The molecule has 0 spiro atoms. The maximum absolute atomic E-state index is 4.13. The van der Waals surface area contributed by atoms with Crippen molar-refractivity contribution in [3.63, 3.8) is 0 Å². The van der Waals surface area contributed by atoms with Crippen LogP contribution in [-0.2, 0) is 6.54 Å². The van der Waals surface area contributed by atoms with Crippen molar-refractivity contribution >= 4 is 15.9 Å². The van der Waals surface area contributed by atoms with E-state index in [1.54, 1.807) is 0 Å². The van der Waals surface area contributed by atoms with Gasteiger partial charge in [0, 0.05) is 25.3 Å². The molecule has 0 unspecified atom stereocenters. The molecule has 1 atom stereocenters. The van der Waals surface area contributed by atoms with Crippen molar-refractivity contribution in [2.24, 2.45) is 0 Å². The van der Waals surface area contributed by atoms with Crippen molar-refractivity contribution in [3.05, 3.63) is 28.5 Å². The predicted octanol–water partition coefficient (Wildman–Crippen LogP) is 1.64. The largest absolute Gasteiger partial charge is 0.315 e. The average molecular weight is 270 g/mol. The van der Waals surface area contributed by atoms with Gasteiger partial charge in [0.1, 0.15) is 4.60 Å². The number of rotatable bonds is 3. The number of pyridine rings is 1. The second kappa shape index (κ2) is 5.05. The van der Waals surface area contributed by atoms with Gasteiger partial charge >= 0.3 is 0 Å². The van der Waals surface area contributed by atoms with Gasteiger partial charge in [-0.3, -0.25) is 4.90 Å². The molecule has 1 aliphatic heterocycles. The van der Waals surface area contributed by atoms with Crippen LogP contribution in [-0.4, -0.2) is 36.1 Å². The molecule has 15 heavy (non-hydrogen) atoms. The smallest absolute Gasteiger partial charge is 0.106 e. The zero-order chi connectivity index (χ0) is 10.7. The molecule has 82 valence electrons. The molecule has 0 amide bonds. The fourth-order valence-corrected chi connectivity index (χ4v) is 2.39. The maximum atomic E-state index is 4.13. The van der Waals surface area contributed by atoms with E-state index in [1.165, 1.54) is 12.0 Å². The second-order valence-corrected chi connectivity index (χ2v) is 4.86. The molecule has 0 aromatic carbocycles. The molecule has 1 aliphatic rings. The average Bonchev–Trinajstić information content (AvgIpc) is 2.70. The first-order chi connectivity index (χ1) is 7.25. The van der Waals surface area contributed by atoms with Crippen LogP contribution < -0.4 is 5.32 Å². The van der Waals surface area contributed by atoms with Crippen molar-refractivity contribution in [1.29, 1.82) is 0 Å². The van der Waals surface area contributed by atoms with Gasteiger partial charge in [-0.05, 0) is 53.6 Å². The molecule has 2 heterocycles. The lowest BCUT2D eigenvalue weighted by Gasteiger charge is -2.23. The standard InChI is InChI=1S/C11H16BrN3/c1-15(10-3-4-13-7-10)8-9-2-5-14-11(12)6-9/h2,5-6,10,13H,3-4,7-8H2,1H3/t10-/m1/s1. The van der Waals surface area contributed by atoms with Crippen LogP contribution in [0.2, 0.25) is 0 Å². The molecular formula is C11H16BrN3. The van der Waals surface area contributed by atoms with Gasteiger partial charge in [0.2, 0.25) is 0 Å². The minimum absolute atomic E-state index is 0.678.